The smallest absolute Gasteiger partial charge is 0.336 e. The molecule has 4 rings (SSSR count). The zero-order chi connectivity index (χ0) is 19.5. The van der Waals surface area contributed by atoms with Crippen LogP contribution in [0.15, 0.2) is 59.0 Å². The topological polar surface area (TPSA) is 66.6 Å². The van der Waals surface area contributed by atoms with E-state index >= 15 is 0 Å². The molecule has 144 valence electrons. The molecule has 1 aliphatic rings. The van der Waals surface area contributed by atoms with E-state index in [1.165, 1.54) is 5.69 Å². The van der Waals surface area contributed by atoms with E-state index in [-0.39, 0.29) is 5.56 Å². The van der Waals surface area contributed by atoms with Crippen LogP contribution >= 0.6 is 0 Å². The maximum absolute atomic E-state index is 11.4. The van der Waals surface area contributed by atoms with Crippen LogP contribution in [0.2, 0.25) is 0 Å². The number of nitrogens with zero attached hydrogens (tertiary/aromatic N) is 2. The van der Waals surface area contributed by atoms with Gasteiger partial charge >= 0.3 is 5.97 Å². The number of carboxylic acid groups (broad SMARTS) is 1. The Morgan fingerprint density at radius 3 is 2.64 bits per heavy atom. The standard InChI is InChI=1S/C23H24N2O3/c1-16-5-4-8-21(24-16)17-11-13-25(14-12-17)15-18-9-10-22(28-18)19-6-2-3-7-20(19)23(26)27/h2-10,17H,11-15H2,1H3,(H,26,27). The van der Waals surface area contributed by atoms with E-state index in [1.54, 1.807) is 18.2 Å². The summed E-state index contributed by atoms with van der Waals surface area (Å²) in [4.78, 5) is 18.5. The van der Waals surface area contributed by atoms with Gasteiger partial charge in [0.1, 0.15) is 11.5 Å². The summed E-state index contributed by atoms with van der Waals surface area (Å²) >= 11 is 0. The Kier molecular flexibility index (Phi) is 5.26. The van der Waals surface area contributed by atoms with Crippen molar-refractivity contribution in [1.82, 2.24) is 9.88 Å². The molecule has 3 heterocycles. The van der Waals surface area contributed by atoms with Gasteiger partial charge in [-0.25, -0.2) is 4.79 Å². The maximum atomic E-state index is 11.4. The van der Waals surface area contributed by atoms with Crippen LogP contribution in [0.3, 0.4) is 0 Å². The summed E-state index contributed by atoms with van der Waals surface area (Å²) in [6, 6.07) is 17.0. The second kappa shape index (κ2) is 7.98. The molecule has 5 nitrogen and oxygen atoms in total. The van der Waals surface area contributed by atoms with Crippen LogP contribution in [0.25, 0.3) is 11.3 Å². The number of piperidine rings is 1. The number of likely N-dealkylation sites (tertiary alicyclic amines) is 1. The molecule has 1 N–H and O–H groups in total. The summed E-state index contributed by atoms with van der Waals surface area (Å²) in [5.74, 6) is 1.04. The second-order valence-electron chi connectivity index (χ2n) is 7.37. The minimum absolute atomic E-state index is 0.259. The summed E-state index contributed by atoms with van der Waals surface area (Å²) in [6.07, 6.45) is 2.18. The average Bonchev–Trinajstić information content (AvgIpc) is 3.17. The van der Waals surface area contributed by atoms with Crippen LogP contribution in [0.5, 0.6) is 0 Å². The Labute approximate surface area is 164 Å². The predicted octanol–water partition coefficient (Wildman–Crippen LogP) is 4.73. The Balaban J connectivity index is 1.40. The molecule has 0 saturated carbocycles. The third-order valence-corrected chi connectivity index (χ3v) is 5.38. The van der Waals surface area contributed by atoms with Crippen molar-refractivity contribution in [3.05, 3.63) is 77.3 Å². The largest absolute Gasteiger partial charge is 0.478 e. The molecule has 0 radical (unpaired) electrons. The molecule has 0 atom stereocenters. The fourth-order valence-corrected chi connectivity index (χ4v) is 3.89. The minimum atomic E-state index is -0.944. The Bertz CT molecular complexity index is 971. The first-order valence-electron chi connectivity index (χ1n) is 9.67. The molecule has 28 heavy (non-hydrogen) atoms. The summed E-state index contributed by atoms with van der Waals surface area (Å²) in [6.45, 7) is 4.78. The third-order valence-electron chi connectivity index (χ3n) is 5.38. The highest BCUT2D eigenvalue weighted by atomic mass is 16.4. The number of hydrogen-bond donors (Lipinski definition) is 1. The van der Waals surface area contributed by atoms with Gasteiger partial charge in [0.25, 0.3) is 0 Å². The van der Waals surface area contributed by atoms with Crippen molar-refractivity contribution >= 4 is 5.97 Å². The number of carboxylic acids is 1. The lowest BCUT2D eigenvalue weighted by Crippen LogP contribution is -2.32. The number of aromatic nitrogens is 1. The normalized spacial score (nSPS) is 15.6. The fourth-order valence-electron chi connectivity index (χ4n) is 3.89. The first kappa shape index (κ1) is 18.4. The zero-order valence-electron chi connectivity index (χ0n) is 16.0. The van der Waals surface area contributed by atoms with Gasteiger partial charge < -0.3 is 9.52 Å². The fraction of sp³-hybridized carbons (Fsp3) is 0.304. The first-order chi connectivity index (χ1) is 13.6. The molecule has 0 bridgehead atoms. The lowest BCUT2D eigenvalue weighted by atomic mass is 9.93. The summed E-state index contributed by atoms with van der Waals surface area (Å²) in [7, 11) is 0. The van der Waals surface area contributed by atoms with E-state index in [2.05, 4.69) is 22.0 Å². The van der Waals surface area contributed by atoms with E-state index in [0.717, 1.165) is 43.9 Å². The molecule has 0 aliphatic carbocycles. The number of rotatable bonds is 5. The number of pyridine rings is 1. The maximum Gasteiger partial charge on any atom is 0.336 e. The van der Waals surface area contributed by atoms with Gasteiger partial charge in [0, 0.05) is 22.9 Å². The van der Waals surface area contributed by atoms with E-state index < -0.39 is 5.97 Å². The number of aryl methyl sites for hydroxylation is 1. The predicted molar refractivity (Wildman–Crippen MR) is 107 cm³/mol. The molecule has 1 aromatic carbocycles. The van der Waals surface area contributed by atoms with Gasteiger partial charge in [0.05, 0.1) is 12.1 Å². The van der Waals surface area contributed by atoms with Gasteiger partial charge in [-0.1, -0.05) is 24.3 Å². The molecular weight excluding hydrogens is 352 g/mol. The molecule has 1 fully saturated rings. The quantitative estimate of drug-likeness (QED) is 0.697. The number of aromatic carboxylic acids is 1. The van der Waals surface area contributed by atoms with E-state index in [9.17, 15) is 9.90 Å². The van der Waals surface area contributed by atoms with Crippen molar-refractivity contribution in [1.29, 1.82) is 0 Å². The Morgan fingerprint density at radius 1 is 1.11 bits per heavy atom. The van der Waals surface area contributed by atoms with Gasteiger partial charge in [-0.2, -0.15) is 0 Å². The van der Waals surface area contributed by atoms with Crippen molar-refractivity contribution in [2.45, 2.75) is 32.2 Å². The van der Waals surface area contributed by atoms with Crippen LogP contribution in [0.4, 0.5) is 0 Å². The first-order valence-corrected chi connectivity index (χ1v) is 9.67. The van der Waals surface area contributed by atoms with Gasteiger partial charge in [0.2, 0.25) is 0 Å². The van der Waals surface area contributed by atoms with Crippen LogP contribution in [-0.4, -0.2) is 34.0 Å². The van der Waals surface area contributed by atoms with Crippen LogP contribution in [0.1, 0.15) is 46.3 Å². The zero-order valence-corrected chi connectivity index (χ0v) is 16.0. The highest BCUT2D eigenvalue weighted by molar-refractivity contribution is 5.95. The number of carbonyl (C=O) groups is 1. The molecular formula is C23H24N2O3. The molecule has 1 aliphatic heterocycles. The van der Waals surface area contributed by atoms with Gasteiger partial charge in [0.15, 0.2) is 0 Å². The summed E-state index contributed by atoms with van der Waals surface area (Å²) in [5, 5.41) is 9.38. The van der Waals surface area contributed by atoms with Gasteiger partial charge in [-0.3, -0.25) is 9.88 Å². The van der Waals surface area contributed by atoms with Crippen LogP contribution in [0, 0.1) is 6.92 Å². The lowest BCUT2D eigenvalue weighted by molar-refractivity contribution is 0.0697. The molecule has 1 saturated heterocycles. The van der Waals surface area contributed by atoms with Gasteiger partial charge in [-0.05, 0) is 63.2 Å². The lowest BCUT2D eigenvalue weighted by Gasteiger charge is -2.31. The SMILES string of the molecule is Cc1cccc(C2CCN(Cc3ccc(-c4ccccc4C(=O)O)o3)CC2)n1. The van der Waals surface area contributed by atoms with E-state index in [1.807, 2.05) is 31.2 Å². The highest BCUT2D eigenvalue weighted by Crippen LogP contribution is 2.29. The molecule has 2 aromatic heterocycles. The third kappa shape index (κ3) is 3.99. The Morgan fingerprint density at radius 2 is 1.89 bits per heavy atom. The van der Waals surface area contributed by atoms with Crippen LogP contribution in [-0.2, 0) is 6.54 Å². The molecule has 5 heteroatoms. The highest BCUT2D eigenvalue weighted by Gasteiger charge is 2.22. The second-order valence-corrected chi connectivity index (χ2v) is 7.37. The van der Waals surface area contributed by atoms with Crippen LogP contribution < -0.4 is 0 Å². The molecule has 0 unspecified atom stereocenters. The van der Waals surface area contributed by atoms with E-state index in [4.69, 9.17) is 4.42 Å². The number of furan rings is 1. The molecule has 0 spiro atoms. The summed E-state index contributed by atoms with van der Waals surface area (Å²) in [5.41, 5.74) is 3.15. The Hall–Kier alpha value is -2.92. The molecule has 0 amide bonds. The summed E-state index contributed by atoms with van der Waals surface area (Å²) < 4.78 is 5.97. The average molecular weight is 376 g/mol. The van der Waals surface area contributed by atoms with Crippen molar-refractivity contribution in [2.24, 2.45) is 0 Å². The number of hydrogen-bond acceptors (Lipinski definition) is 4. The minimum Gasteiger partial charge on any atom is -0.478 e. The van der Waals surface area contributed by atoms with Crippen molar-refractivity contribution < 1.29 is 14.3 Å². The van der Waals surface area contributed by atoms with E-state index in [0.29, 0.717) is 17.2 Å². The van der Waals surface area contributed by atoms with Crippen molar-refractivity contribution in [2.75, 3.05) is 13.1 Å². The van der Waals surface area contributed by atoms with Crippen molar-refractivity contribution in [3.63, 3.8) is 0 Å². The number of benzene rings is 1. The monoisotopic (exact) mass is 376 g/mol. The molecule has 3 aromatic rings. The van der Waals surface area contributed by atoms with Crippen molar-refractivity contribution in [3.8, 4) is 11.3 Å². The van der Waals surface area contributed by atoms with Gasteiger partial charge in [-0.15, -0.1) is 0 Å².